The molecule has 1 aromatic heterocycles. The fraction of sp³-hybridized carbons (Fsp3) is 0.286. The SMILES string of the molecule is Cc1cc(Cl)nc(C2(c3ccccc3)CC2)n1. The summed E-state index contributed by atoms with van der Waals surface area (Å²) in [5, 5.41) is 0.537. The van der Waals surface area contributed by atoms with Gasteiger partial charge in [-0.1, -0.05) is 41.9 Å². The molecule has 2 nitrogen and oxygen atoms in total. The van der Waals surface area contributed by atoms with Gasteiger partial charge in [0.15, 0.2) is 0 Å². The Hall–Kier alpha value is -1.41. The lowest BCUT2D eigenvalue weighted by atomic mass is 9.95. The third-order valence-corrected chi connectivity index (χ3v) is 3.52. The van der Waals surface area contributed by atoms with E-state index in [-0.39, 0.29) is 5.41 Å². The van der Waals surface area contributed by atoms with E-state index >= 15 is 0 Å². The largest absolute Gasteiger partial charge is 0.237 e. The highest BCUT2D eigenvalue weighted by molar-refractivity contribution is 6.29. The summed E-state index contributed by atoms with van der Waals surface area (Å²) in [7, 11) is 0. The fourth-order valence-corrected chi connectivity index (χ4v) is 2.51. The van der Waals surface area contributed by atoms with Gasteiger partial charge in [0.25, 0.3) is 0 Å². The van der Waals surface area contributed by atoms with Gasteiger partial charge in [-0.2, -0.15) is 0 Å². The highest BCUT2D eigenvalue weighted by atomic mass is 35.5. The van der Waals surface area contributed by atoms with Gasteiger partial charge in [0, 0.05) is 5.69 Å². The van der Waals surface area contributed by atoms with Crippen molar-refractivity contribution in [2.45, 2.75) is 25.2 Å². The van der Waals surface area contributed by atoms with E-state index in [1.165, 1.54) is 5.56 Å². The summed E-state index contributed by atoms with van der Waals surface area (Å²) in [6, 6.07) is 12.2. The molecule has 0 atom stereocenters. The Balaban J connectivity index is 2.09. The van der Waals surface area contributed by atoms with Gasteiger partial charge in [0.05, 0.1) is 5.41 Å². The molecule has 0 spiro atoms. The van der Waals surface area contributed by atoms with Crippen molar-refractivity contribution in [3.8, 4) is 0 Å². The fourth-order valence-electron chi connectivity index (χ4n) is 2.27. The number of hydrogen-bond acceptors (Lipinski definition) is 2. The highest BCUT2D eigenvalue weighted by Crippen LogP contribution is 2.52. The van der Waals surface area contributed by atoms with Crippen molar-refractivity contribution in [2.75, 3.05) is 0 Å². The molecule has 0 aliphatic heterocycles. The summed E-state index contributed by atoms with van der Waals surface area (Å²) >= 11 is 6.02. The van der Waals surface area contributed by atoms with E-state index in [0.717, 1.165) is 24.4 Å². The Labute approximate surface area is 106 Å². The van der Waals surface area contributed by atoms with E-state index in [1.54, 1.807) is 6.07 Å². The van der Waals surface area contributed by atoms with Crippen molar-refractivity contribution < 1.29 is 0 Å². The molecule has 0 N–H and O–H groups in total. The molecule has 86 valence electrons. The van der Waals surface area contributed by atoms with E-state index in [9.17, 15) is 0 Å². The number of rotatable bonds is 2. The zero-order valence-electron chi connectivity index (χ0n) is 9.65. The molecule has 0 amide bonds. The first-order valence-electron chi connectivity index (χ1n) is 5.78. The summed E-state index contributed by atoms with van der Waals surface area (Å²) in [6.45, 7) is 1.96. The van der Waals surface area contributed by atoms with Crippen molar-refractivity contribution in [3.05, 3.63) is 58.6 Å². The van der Waals surface area contributed by atoms with Crippen LogP contribution in [0.15, 0.2) is 36.4 Å². The maximum absolute atomic E-state index is 6.02. The quantitative estimate of drug-likeness (QED) is 0.756. The van der Waals surface area contributed by atoms with E-state index in [2.05, 4.69) is 34.2 Å². The van der Waals surface area contributed by atoms with Gasteiger partial charge < -0.3 is 0 Å². The van der Waals surface area contributed by atoms with Crippen LogP contribution in [0.1, 0.15) is 29.9 Å². The minimum Gasteiger partial charge on any atom is -0.237 e. The molecule has 1 aromatic carbocycles. The molecular formula is C14H13ClN2. The van der Waals surface area contributed by atoms with Gasteiger partial charge in [-0.05, 0) is 31.4 Å². The third-order valence-electron chi connectivity index (χ3n) is 3.33. The maximum Gasteiger partial charge on any atom is 0.140 e. The lowest BCUT2D eigenvalue weighted by Gasteiger charge is -2.14. The Morgan fingerprint density at radius 1 is 1.12 bits per heavy atom. The number of benzene rings is 1. The Morgan fingerprint density at radius 2 is 1.82 bits per heavy atom. The average molecular weight is 245 g/mol. The standard InChI is InChI=1S/C14H13ClN2/c1-10-9-12(15)17-13(16-10)14(7-8-14)11-5-3-2-4-6-11/h2-6,9H,7-8H2,1H3. The molecule has 1 fully saturated rings. The minimum absolute atomic E-state index is 0.0108. The first-order chi connectivity index (χ1) is 8.21. The monoisotopic (exact) mass is 244 g/mol. The molecule has 0 bridgehead atoms. The predicted octanol–water partition coefficient (Wildman–Crippen LogP) is 3.52. The van der Waals surface area contributed by atoms with E-state index in [1.807, 2.05) is 13.0 Å². The molecule has 0 saturated heterocycles. The summed E-state index contributed by atoms with van der Waals surface area (Å²) in [6.07, 6.45) is 2.22. The third kappa shape index (κ3) is 1.83. The minimum atomic E-state index is 0.0108. The molecule has 3 rings (SSSR count). The molecule has 1 aliphatic carbocycles. The molecule has 17 heavy (non-hydrogen) atoms. The number of hydrogen-bond donors (Lipinski definition) is 0. The van der Waals surface area contributed by atoms with Crippen molar-refractivity contribution >= 4 is 11.6 Å². The normalized spacial score (nSPS) is 16.8. The van der Waals surface area contributed by atoms with Gasteiger partial charge in [-0.3, -0.25) is 0 Å². The van der Waals surface area contributed by atoms with Crippen LogP contribution in [-0.4, -0.2) is 9.97 Å². The first-order valence-corrected chi connectivity index (χ1v) is 6.16. The van der Waals surface area contributed by atoms with E-state index < -0.39 is 0 Å². The zero-order valence-corrected chi connectivity index (χ0v) is 10.4. The van der Waals surface area contributed by atoms with Gasteiger partial charge in [-0.25, -0.2) is 9.97 Å². The van der Waals surface area contributed by atoms with Crippen LogP contribution in [0.4, 0.5) is 0 Å². The topological polar surface area (TPSA) is 25.8 Å². The molecular weight excluding hydrogens is 232 g/mol. The Morgan fingerprint density at radius 3 is 2.41 bits per heavy atom. The first kappa shape index (κ1) is 10.7. The summed E-state index contributed by atoms with van der Waals surface area (Å²) in [4.78, 5) is 8.95. The molecule has 2 aromatic rings. The van der Waals surface area contributed by atoms with Crippen LogP contribution >= 0.6 is 11.6 Å². The van der Waals surface area contributed by atoms with Crippen LogP contribution in [0.3, 0.4) is 0 Å². The summed E-state index contributed by atoms with van der Waals surface area (Å²) < 4.78 is 0. The van der Waals surface area contributed by atoms with Crippen molar-refractivity contribution in [1.82, 2.24) is 9.97 Å². The average Bonchev–Trinajstić information content (AvgIpc) is 3.10. The highest BCUT2D eigenvalue weighted by Gasteiger charge is 2.48. The molecule has 0 unspecified atom stereocenters. The van der Waals surface area contributed by atoms with Gasteiger partial charge in [-0.15, -0.1) is 0 Å². The molecule has 3 heteroatoms. The Kier molecular flexibility index (Phi) is 2.40. The number of halogens is 1. The summed E-state index contributed by atoms with van der Waals surface area (Å²) in [5.41, 5.74) is 2.24. The molecule has 1 heterocycles. The summed E-state index contributed by atoms with van der Waals surface area (Å²) in [5.74, 6) is 0.869. The van der Waals surface area contributed by atoms with Crippen molar-refractivity contribution in [1.29, 1.82) is 0 Å². The van der Waals surface area contributed by atoms with Gasteiger partial charge in [0.1, 0.15) is 11.0 Å². The van der Waals surface area contributed by atoms with Crippen LogP contribution in [-0.2, 0) is 5.41 Å². The van der Waals surface area contributed by atoms with Gasteiger partial charge >= 0.3 is 0 Å². The smallest absolute Gasteiger partial charge is 0.140 e. The number of nitrogens with zero attached hydrogens (tertiary/aromatic N) is 2. The number of aromatic nitrogens is 2. The van der Waals surface area contributed by atoms with Crippen LogP contribution in [0.5, 0.6) is 0 Å². The lowest BCUT2D eigenvalue weighted by Crippen LogP contribution is -2.14. The van der Waals surface area contributed by atoms with Crippen LogP contribution < -0.4 is 0 Å². The molecule has 0 radical (unpaired) electrons. The van der Waals surface area contributed by atoms with Gasteiger partial charge in [0.2, 0.25) is 0 Å². The molecule has 1 aliphatic rings. The van der Waals surface area contributed by atoms with Crippen molar-refractivity contribution in [2.24, 2.45) is 0 Å². The van der Waals surface area contributed by atoms with E-state index in [0.29, 0.717) is 5.15 Å². The van der Waals surface area contributed by atoms with Crippen LogP contribution in [0.25, 0.3) is 0 Å². The predicted molar refractivity (Wildman–Crippen MR) is 68.2 cm³/mol. The van der Waals surface area contributed by atoms with Crippen LogP contribution in [0.2, 0.25) is 5.15 Å². The second-order valence-corrected chi connectivity index (χ2v) is 4.99. The lowest BCUT2D eigenvalue weighted by molar-refractivity contribution is 0.747. The second kappa shape index (κ2) is 3.81. The van der Waals surface area contributed by atoms with E-state index in [4.69, 9.17) is 11.6 Å². The number of aryl methyl sites for hydroxylation is 1. The Bertz CT molecular complexity index is 527. The maximum atomic E-state index is 6.02. The second-order valence-electron chi connectivity index (χ2n) is 4.60. The van der Waals surface area contributed by atoms with Crippen molar-refractivity contribution in [3.63, 3.8) is 0 Å². The molecule has 1 saturated carbocycles. The van der Waals surface area contributed by atoms with Crippen LogP contribution in [0, 0.1) is 6.92 Å². The zero-order chi connectivity index (χ0) is 11.9.